The first-order valence-electron chi connectivity index (χ1n) is 6.51. The molecule has 0 saturated heterocycles. The van der Waals surface area contributed by atoms with Crippen molar-refractivity contribution in [2.75, 3.05) is 0 Å². The molecule has 0 radical (unpaired) electrons. The standard InChI is InChI=1S/C14H15BrO5/c1-5-3-7-9(11(16)14(17)18)12-8(4-6(2)19-12)10(15)13(7)20-5/h5-6,11,16H,3-4H2,1-2H3,(H,17,18). The number of hydrogen-bond donors (Lipinski definition) is 2. The normalized spacial score (nSPS) is 24.6. The summed E-state index contributed by atoms with van der Waals surface area (Å²) < 4.78 is 12.3. The van der Waals surface area contributed by atoms with Crippen LogP contribution < -0.4 is 9.47 Å². The van der Waals surface area contributed by atoms with Crippen LogP contribution in [0.1, 0.15) is 36.6 Å². The number of fused-ring (bicyclic) bond motifs is 2. The summed E-state index contributed by atoms with van der Waals surface area (Å²) in [6, 6.07) is 0. The lowest BCUT2D eigenvalue weighted by Gasteiger charge is -2.17. The lowest BCUT2D eigenvalue weighted by molar-refractivity contribution is -0.147. The number of rotatable bonds is 2. The number of hydrogen-bond acceptors (Lipinski definition) is 4. The summed E-state index contributed by atoms with van der Waals surface area (Å²) in [6.07, 6.45) is -0.439. The Morgan fingerprint density at radius 1 is 1.20 bits per heavy atom. The Kier molecular flexibility index (Phi) is 3.17. The highest BCUT2D eigenvalue weighted by Crippen LogP contribution is 2.51. The fourth-order valence-corrected chi connectivity index (χ4v) is 3.58. The predicted octanol–water partition coefficient (Wildman–Crippen LogP) is 2.21. The number of carboxylic acid groups (broad SMARTS) is 1. The van der Waals surface area contributed by atoms with Gasteiger partial charge in [-0.05, 0) is 29.8 Å². The average molecular weight is 343 g/mol. The fourth-order valence-electron chi connectivity index (χ4n) is 2.91. The topological polar surface area (TPSA) is 76.0 Å². The lowest BCUT2D eigenvalue weighted by atomic mass is 9.94. The van der Waals surface area contributed by atoms with Gasteiger partial charge >= 0.3 is 5.97 Å². The van der Waals surface area contributed by atoms with Crippen LogP contribution in [0.15, 0.2) is 4.47 Å². The van der Waals surface area contributed by atoms with Crippen molar-refractivity contribution in [3.05, 3.63) is 21.2 Å². The van der Waals surface area contributed by atoms with Gasteiger partial charge in [0.1, 0.15) is 23.7 Å². The van der Waals surface area contributed by atoms with Crippen LogP contribution in [0.2, 0.25) is 0 Å². The van der Waals surface area contributed by atoms with Crippen LogP contribution in [0.4, 0.5) is 0 Å². The highest BCUT2D eigenvalue weighted by molar-refractivity contribution is 9.10. The highest BCUT2D eigenvalue weighted by atomic mass is 79.9. The molecule has 1 aromatic rings. The summed E-state index contributed by atoms with van der Waals surface area (Å²) in [5.74, 6) is -0.139. The number of carboxylic acids is 1. The second-order valence-corrected chi connectivity index (χ2v) is 6.14. The Labute approximate surface area is 124 Å². The van der Waals surface area contributed by atoms with Gasteiger partial charge in [-0.15, -0.1) is 0 Å². The van der Waals surface area contributed by atoms with Crippen LogP contribution in [0.25, 0.3) is 0 Å². The molecule has 3 unspecified atom stereocenters. The van der Waals surface area contributed by atoms with E-state index in [-0.39, 0.29) is 12.2 Å². The Bertz CT molecular complexity index is 559. The van der Waals surface area contributed by atoms with Gasteiger partial charge in [-0.3, -0.25) is 0 Å². The van der Waals surface area contributed by atoms with E-state index in [2.05, 4.69) is 15.9 Å². The minimum atomic E-state index is -1.59. The molecular formula is C14H15BrO5. The molecule has 2 aliphatic rings. The summed E-state index contributed by atoms with van der Waals surface area (Å²) in [5.41, 5.74) is 1.95. The molecule has 1 aromatic carbocycles. The van der Waals surface area contributed by atoms with E-state index in [9.17, 15) is 9.90 Å². The first-order chi connectivity index (χ1) is 9.40. The quantitative estimate of drug-likeness (QED) is 0.861. The second-order valence-electron chi connectivity index (χ2n) is 5.35. The molecule has 3 atom stereocenters. The first kappa shape index (κ1) is 13.7. The van der Waals surface area contributed by atoms with Gasteiger partial charge in [0, 0.05) is 29.5 Å². The van der Waals surface area contributed by atoms with Crippen LogP contribution in [-0.4, -0.2) is 28.4 Å². The van der Waals surface area contributed by atoms with Crippen LogP contribution in [0, 0.1) is 0 Å². The average Bonchev–Trinajstić information content (AvgIpc) is 2.92. The van der Waals surface area contributed by atoms with E-state index >= 15 is 0 Å². The molecular weight excluding hydrogens is 328 g/mol. The van der Waals surface area contributed by atoms with Crippen molar-refractivity contribution in [1.82, 2.24) is 0 Å². The Morgan fingerprint density at radius 3 is 2.35 bits per heavy atom. The van der Waals surface area contributed by atoms with Crippen molar-refractivity contribution in [2.45, 2.75) is 45.0 Å². The summed E-state index contributed by atoms with van der Waals surface area (Å²) in [7, 11) is 0. The molecule has 108 valence electrons. The summed E-state index contributed by atoms with van der Waals surface area (Å²) in [4.78, 5) is 11.2. The maximum absolute atomic E-state index is 11.2. The molecule has 0 spiro atoms. The van der Waals surface area contributed by atoms with Crippen molar-refractivity contribution in [2.24, 2.45) is 0 Å². The van der Waals surface area contributed by atoms with Gasteiger partial charge in [0.15, 0.2) is 6.10 Å². The van der Waals surface area contributed by atoms with Crippen molar-refractivity contribution >= 4 is 21.9 Å². The van der Waals surface area contributed by atoms with E-state index in [1.807, 2.05) is 13.8 Å². The third-order valence-electron chi connectivity index (χ3n) is 3.71. The number of ether oxygens (including phenoxy) is 2. The van der Waals surface area contributed by atoms with E-state index in [1.54, 1.807) is 0 Å². The van der Waals surface area contributed by atoms with E-state index in [4.69, 9.17) is 14.6 Å². The molecule has 0 amide bonds. The molecule has 5 nitrogen and oxygen atoms in total. The van der Waals surface area contributed by atoms with Crippen molar-refractivity contribution in [3.8, 4) is 11.5 Å². The number of halogens is 1. The zero-order valence-electron chi connectivity index (χ0n) is 11.1. The summed E-state index contributed by atoms with van der Waals surface area (Å²) >= 11 is 3.52. The zero-order valence-corrected chi connectivity index (χ0v) is 12.7. The summed E-state index contributed by atoms with van der Waals surface area (Å²) in [5, 5.41) is 19.2. The maximum Gasteiger partial charge on any atom is 0.337 e. The number of carbonyl (C=O) groups is 1. The maximum atomic E-state index is 11.2. The van der Waals surface area contributed by atoms with Gasteiger partial charge in [-0.2, -0.15) is 0 Å². The third-order valence-corrected chi connectivity index (χ3v) is 4.55. The van der Waals surface area contributed by atoms with E-state index in [1.165, 1.54) is 0 Å². The highest BCUT2D eigenvalue weighted by Gasteiger charge is 2.38. The second kappa shape index (κ2) is 4.63. The monoisotopic (exact) mass is 342 g/mol. The molecule has 2 N–H and O–H groups in total. The van der Waals surface area contributed by atoms with Gasteiger partial charge in [-0.1, -0.05) is 0 Å². The number of benzene rings is 1. The van der Waals surface area contributed by atoms with Gasteiger partial charge < -0.3 is 19.7 Å². The molecule has 0 saturated carbocycles. The van der Waals surface area contributed by atoms with Crippen LogP contribution >= 0.6 is 15.9 Å². The van der Waals surface area contributed by atoms with Gasteiger partial charge in [0.05, 0.1) is 4.47 Å². The molecule has 6 heteroatoms. The molecule has 0 bridgehead atoms. The molecule has 0 aromatic heterocycles. The van der Waals surface area contributed by atoms with Crippen LogP contribution in [0.5, 0.6) is 11.5 Å². The van der Waals surface area contributed by atoms with Crippen molar-refractivity contribution in [1.29, 1.82) is 0 Å². The lowest BCUT2D eigenvalue weighted by Crippen LogP contribution is -2.15. The van der Waals surface area contributed by atoms with Gasteiger partial charge in [0.25, 0.3) is 0 Å². The summed E-state index contributed by atoms with van der Waals surface area (Å²) in [6.45, 7) is 3.83. The Hall–Kier alpha value is -1.27. The molecule has 20 heavy (non-hydrogen) atoms. The Morgan fingerprint density at radius 2 is 1.75 bits per heavy atom. The van der Waals surface area contributed by atoms with Crippen molar-refractivity contribution < 1.29 is 24.5 Å². The van der Waals surface area contributed by atoms with Gasteiger partial charge in [-0.25, -0.2) is 4.79 Å². The largest absolute Gasteiger partial charge is 0.490 e. The third kappa shape index (κ3) is 1.90. The molecule has 3 rings (SSSR count). The molecule has 0 aliphatic carbocycles. The molecule has 2 aliphatic heterocycles. The predicted molar refractivity (Wildman–Crippen MR) is 74.3 cm³/mol. The van der Waals surface area contributed by atoms with E-state index in [0.717, 1.165) is 15.6 Å². The zero-order chi connectivity index (χ0) is 14.6. The number of aliphatic carboxylic acids is 1. The van der Waals surface area contributed by atoms with Crippen LogP contribution in [-0.2, 0) is 17.6 Å². The fraction of sp³-hybridized carbons (Fsp3) is 0.500. The Balaban J connectivity index is 2.25. The van der Waals surface area contributed by atoms with Crippen LogP contribution in [0.3, 0.4) is 0 Å². The molecule has 2 heterocycles. The van der Waals surface area contributed by atoms with Gasteiger partial charge in [0.2, 0.25) is 0 Å². The van der Waals surface area contributed by atoms with E-state index in [0.29, 0.717) is 29.9 Å². The minimum absolute atomic E-state index is 0.0407. The number of aliphatic hydroxyl groups excluding tert-OH is 1. The first-order valence-corrected chi connectivity index (χ1v) is 7.30. The SMILES string of the molecule is CC1Cc2c(c(Br)c3c(c2C(O)C(=O)O)OC(C)C3)O1. The van der Waals surface area contributed by atoms with Crippen molar-refractivity contribution in [3.63, 3.8) is 0 Å². The molecule has 0 fully saturated rings. The van der Waals surface area contributed by atoms with E-state index < -0.39 is 12.1 Å². The smallest absolute Gasteiger partial charge is 0.337 e. The number of aliphatic hydroxyl groups is 1. The minimum Gasteiger partial charge on any atom is -0.490 e.